The Morgan fingerprint density at radius 3 is 2.72 bits per heavy atom. The van der Waals surface area contributed by atoms with Gasteiger partial charge in [-0.15, -0.1) is 0 Å². The molecule has 0 atom stereocenters. The van der Waals surface area contributed by atoms with Crippen molar-refractivity contribution in [2.24, 2.45) is 0 Å². The average molecular weight is 425 g/mol. The highest BCUT2D eigenvalue weighted by molar-refractivity contribution is 9.10. The molecule has 1 N–H and O–H groups in total. The molecule has 0 saturated carbocycles. The summed E-state index contributed by atoms with van der Waals surface area (Å²) in [5.74, 6) is 0.159. The van der Waals surface area contributed by atoms with Gasteiger partial charge in [-0.3, -0.25) is 9.59 Å². The molecular formula is C17H17BrN2O4S. The lowest BCUT2D eigenvalue weighted by Crippen LogP contribution is -2.34. The Morgan fingerprint density at radius 2 is 2.16 bits per heavy atom. The maximum atomic E-state index is 12.3. The van der Waals surface area contributed by atoms with Crippen LogP contribution >= 0.6 is 28.1 Å². The highest BCUT2D eigenvalue weighted by atomic mass is 79.9. The van der Waals surface area contributed by atoms with Gasteiger partial charge >= 0.3 is 0 Å². The summed E-state index contributed by atoms with van der Waals surface area (Å²) in [6.07, 6.45) is 3.23. The molecular weight excluding hydrogens is 408 g/mol. The fourth-order valence-electron chi connectivity index (χ4n) is 2.20. The van der Waals surface area contributed by atoms with Crippen LogP contribution < -0.4 is 14.8 Å². The first-order valence-electron chi connectivity index (χ1n) is 7.46. The lowest BCUT2D eigenvalue weighted by atomic mass is 10.1. The van der Waals surface area contributed by atoms with Gasteiger partial charge in [-0.05, 0) is 58.8 Å². The Labute approximate surface area is 159 Å². The normalized spacial score (nSPS) is 15.3. The van der Waals surface area contributed by atoms with Crippen LogP contribution in [-0.4, -0.2) is 35.0 Å². The SMILES string of the molecule is C=CCOc1c(Br)cc(C=C2NC(=S)N(C(C)=O)C2=O)cc1OCC. The first-order chi connectivity index (χ1) is 11.9. The van der Waals surface area contributed by atoms with Gasteiger partial charge < -0.3 is 14.8 Å². The van der Waals surface area contributed by atoms with Crippen LogP contribution in [0.5, 0.6) is 11.5 Å². The highest BCUT2D eigenvalue weighted by Crippen LogP contribution is 2.37. The van der Waals surface area contributed by atoms with Crippen LogP contribution in [-0.2, 0) is 9.59 Å². The smallest absolute Gasteiger partial charge is 0.283 e. The molecule has 1 saturated heterocycles. The number of nitrogens with zero attached hydrogens (tertiary/aromatic N) is 1. The Kier molecular flexibility index (Phi) is 6.33. The zero-order valence-electron chi connectivity index (χ0n) is 13.8. The summed E-state index contributed by atoms with van der Waals surface area (Å²) in [7, 11) is 0. The van der Waals surface area contributed by atoms with E-state index in [1.165, 1.54) is 6.92 Å². The molecule has 0 bridgehead atoms. The van der Waals surface area contributed by atoms with Crippen molar-refractivity contribution in [3.05, 3.63) is 40.5 Å². The van der Waals surface area contributed by atoms with E-state index in [1.54, 1.807) is 24.3 Å². The molecule has 2 amide bonds. The predicted octanol–water partition coefficient (Wildman–Crippen LogP) is 3.02. The summed E-state index contributed by atoms with van der Waals surface area (Å²) < 4.78 is 11.9. The third-order valence-electron chi connectivity index (χ3n) is 3.18. The number of hydrogen-bond acceptors (Lipinski definition) is 5. The molecule has 1 aliphatic rings. The number of carbonyl (C=O) groups is 2. The van der Waals surface area contributed by atoms with Gasteiger partial charge in [-0.1, -0.05) is 12.7 Å². The quantitative estimate of drug-likeness (QED) is 0.430. The second-order valence-corrected chi connectivity index (χ2v) is 6.25. The zero-order chi connectivity index (χ0) is 18.6. The van der Waals surface area contributed by atoms with E-state index in [0.717, 1.165) is 4.90 Å². The van der Waals surface area contributed by atoms with E-state index in [9.17, 15) is 9.59 Å². The van der Waals surface area contributed by atoms with E-state index >= 15 is 0 Å². The van der Waals surface area contributed by atoms with E-state index < -0.39 is 11.8 Å². The Bertz CT molecular complexity index is 776. The van der Waals surface area contributed by atoms with Crippen molar-refractivity contribution in [2.75, 3.05) is 13.2 Å². The number of hydrogen-bond donors (Lipinski definition) is 1. The standard InChI is InChI=1S/C17H17BrN2O4S/c1-4-6-24-15-12(18)7-11(9-14(15)23-5-2)8-13-16(22)20(10(3)21)17(25)19-13/h4,7-9H,1,5-6H2,2-3H3,(H,19,25). The molecule has 132 valence electrons. The number of nitrogens with one attached hydrogen (secondary N) is 1. The van der Waals surface area contributed by atoms with E-state index in [-0.39, 0.29) is 10.8 Å². The summed E-state index contributed by atoms with van der Waals surface area (Å²) in [4.78, 5) is 24.7. The van der Waals surface area contributed by atoms with Crippen LogP contribution in [0.3, 0.4) is 0 Å². The second-order valence-electron chi connectivity index (χ2n) is 5.01. The Hall–Kier alpha value is -2.19. The van der Waals surface area contributed by atoms with Crippen LogP contribution in [0.1, 0.15) is 19.4 Å². The Balaban J connectivity index is 2.40. The maximum Gasteiger partial charge on any atom is 0.283 e. The number of imide groups is 1. The minimum atomic E-state index is -0.487. The first kappa shape index (κ1) is 19.1. The lowest BCUT2D eigenvalue weighted by molar-refractivity contribution is -0.135. The Morgan fingerprint density at radius 1 is 1.44 bits per heavy atom. The molecule has 0 aromatic heterocycles. The molecule has 0 aliphatic carbocycles. The first-order valence-corrected chi connectivity index (χ1v) is 8.66. The molecule has 1 aromatic rings. The van der Waals surface area contributed by atoms with E-state index in [0.29, 0.717) is 34.7 Å². The number of carbonyl (C=O) groups excluding carboxylic acids is 2. The van der Waals surface area contributed by atoms with Gasteiger partial charge in [-0.2, -0.15) is 0 Å². The largest absolute Gasteiger partial charge is 0.490 e. The summed E-state index contributed by atoms with van der Waals surface area (Å²) in [5.41, 5.74) is 0.902. The zero-order valence-corrected chi connectivity index (χ0v) is 16.2. The predicted molar refractivity (Wildman–Crippen MR) is 102 cm³/mol. The molecule has 25 heavy (non-hydrogen) atoms. The van der Waals surface area contributed by atoms with Gasteiger partial charge in [-0.25, -0.2) is 4.90 Å². The van der Waals surface area contributed by atoms with Crippen LogP contribution in [0.25, 0.3) is 6.08 Å². The minimum Gasteiger partial charge on any atom is -0.490 e. The molecule has 1 aliphatic heterocycles. The van der Waals surface area contributed by atoms with Crippen molar-refractivity contribution >= 4 is 51.2 Å². The van der Waals surface area contributed by atoms with Crippen molar-refractivity contribution in [1.82, 2.24) is 10.2 Å². The van der Waals surface area contributed by atoms with Gasteiger partial charge in [0.1, 0.15) is 12.3 Å². The highest BCUT2D eigenvalue weighted by Gasteiger charge is 2.33. The number of halogens is 1. The summed E-state index contributed by atoms with van der Waals surface area (Å²) >= 11 is 8.46. The topological polar surface area (TPSA) is 67.9 Å². The third-order valence-corrected chi connectivity index (χ3v) is 4.05. The number of thiocarbonyl (C=S) groups is 1. The van der Waals surface area contributed by atoms with Crippen molar-refractivity contribution in [3.8, 4) is 11.5 Å². The van der Waals surface area contributed by atoms with Crippen molar-refractivity contribution in [2.45, 2.75) is 13.8 Å². The summed E-state index contributed by atoms with van der Waals surface area (Å²) in [5, 5.41) is 2.82. The van der Waals surface area contributed by atoms with Crippen LogP contribution in [0.2, 0.25) is 0 Å². The van der Waals surface area contributed by atoms with Gasteiger partial charge in [0.2, 0.25) is 5.91 Å². The van der Waals surface area contributed by atoms with Gasteiger partial charge in [0, 0.05) is 6.92 Å². The molecule has 2 rings (SSSR count). The maximum absolute atomic E-state index is 12.3. The van der Waals surface area contributed by atoms with Crippen LogP contribution in [0, 0.1) is 0 Å². The molecule has 8 heteroatoms. The minimum absolute atomic E-state index is 0.0683. The average Bonchev–Trinajstić information content (AvgIpc) is 2.81. The number of ether oxygens (including phenoxy) is 2. The van der Waals surface area contributed by atoms with Crippen LogP contribution in [0.4, 0.5) is 0 Å². The molecule has 0 radical (unpaired) electrons. The molecule has 0 spiro atoms. The number of amides is 2. The van der Waals surface area contributed by atoms with Gasteiger partial charge in [0.05, 0.1) is 11.1 Å². The summed E-state index contributed by atoms with van der Waals surface area (Å²) in [6, 6.07) is 3.52. The van der Waals surface area contributed by atoms with E-state index in [1.807, 2.05) is 6.92 Å². The molecule has 6 nitrogen and oxygen atoms in total. The van der Waals surface area contributed by atoms with Gasteiger partial charge in [0.25, 0.3) is 5.91 Å². The van der Waals surface area contributed by atoms with Crippen LogP contribution in [0.15, 0.2) is 35.0 Å². The number of benzene rings is 1. The van der Waals surface area contributed by atoms with E-state index in [2.05, 4.69) is 27.8 Å². The van der Waals surface area contributed by atoms with Crippen molar-refractivity contribution in [3.63, 3.8) is 0 Å². The molecule has 0 unspecified atom stereocenters. The van der Waals surface area contributed by atoms with Crippen molar-refractivity contribution in [1.29, 1.82) is 0 Å². The molecule has 1 aromatic carbocycles. The second kappa shape index (κ2) is 8.26. The molecule has 1 fully saturated rings. The monoisotopic (exact) mass is 424 g/mol. The van der Waals surface area contributed by atoms with Gasteiger partial charge in [0.15, 0.2) is 16.6 Å². The van der Waals surface area contributed by atoms with E-state index in [4.69, 9.17) is 21.7 Å². The number of rotatable bonds is 6. The fourth-order valence-corrected chi connectivity index (χ4v) is 3.10. The third kappa shape index (κ3) is 4.26. The fraction of sp³-hybridized carbons (Fsp3) is 0.235. The summed E-state index contributed by atoms with van der Waals surface area (Å²) in [6.45, 7) is 7.56. The van der Waals surface area contributed by atoms with Crippen molar-refractivity contribution < 1.29 is 19.1 Å². The molecule has 1 heterocycles. The lowest BCUT2D eigenvalue weighted by Gasteiger charge is -2.13.